The Morgan fingerprint density at radius 3 is 2.27 bits per heavy atom. The second kappa shape index (κ2) is 15.5. The lowest BCUT2D eigenvalue weighted by Crippen LogP contribution is -2.48. The van der Waals surface area contributed by atoms with Crippen LogP contribution >= 0.6 is 0 Å². The molecule has 0 spiro atoms. The quantitative estimate of drug-likeness (QED) is 0.154. The number of carbonyl (C=O) groups excluding carboxylic acids is 2. The van der Waals surface area contributed by atoms with E-state index in [1.165, 1.54) is 18.6 Å². The van der Waals surface area contributed by atoms with Gasteiger partial charge in [-0.2, -0.15) is 0 Å². The molecule has 44 heavy (non-hydrogen) atoms. The zero-order valence-corrected chi connectivity index (χ0v) is 25.5. The average molecular weight is 596 g/mol. The van der Waals surface area contributed by atoms with E-state index in [1.54, 1.807) is 24.1 Å². The zero-order valence-electron chi connectivity index (χ0n) is 25.5. The van der Waals surface area contributed by atoms with Gasteiger partial charge in [0.25, 0.3) is 5.91 Å². The smallest absolute Gasteiger partial charge is 0.254 e. The van der Waals surface area contributed by atoms with Gasteiger partial charge in [-0.05, 0) is 72.4 Å². The van der Waals surface area contributed by atoms with Crippen LogP contribution in [0.1, 0.15) is 60.1 Å². The van der Waals surface area contributed by atoms with Crippen molar-refractivity contribution in [2.75, 3.05) is 26.8 Å². The number of hydrogen-bond acceptors (Lipinski definition) is 3. The van der Waals surface area contributed by atoms with Crippen molar-refractivity contribution in [3.8, 4) is 11.1 Å². The van der Waals surface area contributed by atoms with Crippen LogP contribution < -0.4 is 0 Å². The van der Waals surface area contributed by atoms with E-state index in [0.29, 0.717) is 38.2 Å². The highest BCUT2D eigenvalue weighted by Gasteiger charge is 2.29. The van der Waals surface area contributed by atoms with Crippen LogP contribution in [0.5, 0.6) is 0 Å². The van der Waals surface area contributed by atoms with Crippen molar-refractivity contribution in [2.24, 2.45) is 0 Å². The number of amides is 2. The van der Waals surface area contributed by atoms with E-state index in [4.69, 9.17) is 4.74 Å². The summed E-state index contributed by atoms with van der Waals surface area (Å²) in [5.41, 5.74) is 4.70. The zero-order chi connectivity index (χ0) is 30.7. The minimum absolute atomic E-state index is 0.0121. The Kier molecular flexibility index (Phi) is 11.0. The van der Waals surface area contributed by atoms with E-state index in [0.717, 1.165) is 48.1 Å². The molecule has 0 N–H and O–H groups in total. The number of carbonyl (C=O) groups is 2. The molecule has 1 aliphatic carbocycles. The van der Waals surface area contributed by atoms with E-state index < -0.39 is 0 Å². The van der Waals surface area contributed by atoms with Crippen LogP contribution in [0.2, 0.25) is 0 Å². The number of ether oxygens (including phenoxy) is 1. The highest BCUT2D eigenvalue weighted by Crippen LogP contribution is 2.26. The summed E-state index contributed by atoms with van der Waals surface area (Å²) in [6.45, 7) is 2.00. The Bertz CT molecular complexity index is 1480. The first-order valence-electron chi connectivity index (χ1n) is 15.6. The fourth-order valence-electron chi connectivity index (χ4n) is 6.05. The molecule has 2 amide bonds. The first kappa shape index (κ1) is 31.2. The first-order chi connectivity index (χ1) is 21.5. The number of methoxy groups -OCH3 is 1. The largest absolute Gasteiger partial charge is 0.385 e. The third-order valence-electron chi connectivity index (χ3n) is 8.49. The highest BCUT2D eigenvalue weighted by molar-refractivity contribution is 5.97. The molecule has 0 radical (unpaired) electrons. The summed E-state index contributed by atoms with van der Waals surface area (Å²) in [6, 6.07) is 28.4. The van der Waals surface area contributed by atoms with Gasteiger partial charge < -0.3 is 19.1 Å². The maximum atomic E-state index is 14.1. The number of benzene rings is 3. The summed E-state index contributed by atoms with van der Waals surface area (Å²) in [5, 5.41) is 0. The van der Waals surface area contributed by atoms with Gasteiger partial charge in [-0.15, -0.1) is 0 Å². The number of hydrogen-bond donors (Lipinski definition) is 0. The van der Waals surface area contributed by atoms with E-state index >= 15 is 0 Å². The molecule has 230 valence electrons. The van der Waals surface area contributed by atoms with Crippen LogP contribution in [-0.2, 0) is 22.6 Å². The molecular formula is C37H42FN3O3. The van der Waals surface area contributed by atoms with Gasteiger partial charge in [0.2, 0.25) is 5.91 Å². The van der Waals surface area contributed by atoms with Gasteiger partial charge in [0.1, 0.15) is 12.4 Å². The first-order valence-corrected chi connectivity index (χ1v) is 15.6. The monoisotopic (exact) mass is 595 g/mol. The van der Waals surface area contributed by atoms with E-state index in [-0.39, 0.29) is 30.2 Å². The maximum absolute atomic E-state index is 14.1. The predicted octanol–water partition coefficient (Wildman–Crippen LogP) is 7.18. The molecule has 0 saturated heterocycles. The van der Waals surface area contributed by atoms with Gasteiger partial charge in [0.15, 0.2) is 0 Å². The molecule has 1 fully saturated rings. The summed E-state index contributed by atoms with van der Waals surface area (Å²) in [5.74, 6) is -0.456. The fraction of sp³-hybridized carbons (Fsp3) is 0.351. The number of halogens is 1. The van der Waals surface area contributed by atoms with Crippen molar-refractivity contribution in [1.29, 1.82) is 0 Å². The summed E-state index contributed by atoms with van der Waals surface area (Å²) in [6.07, 6.45) is 7.93. The van der Waals surface area contributed by atoms with Gasteiger partial charge >= 0.3 is 0 Å². The lowest BCUT2D eigenvalue weighted by molar-refractivity contribution is -0.135. The van der Waals surface area contributed by atoms with Gasteiger partial charge in [-0.25, -0.2) is 4.39 Å². The number of rotatable bonds is 13. The second-order valence-electron chi connectivity index (χ2n) is 11.6. The number of aromatic nitrogens is 1. The third-order valence-corrected chi connectivity index (χ3v) is 8.49. The molecular weight excluding hydrogens is 553 g/mol. The van der Waals surface area contributed by atoms with Crippen molar-refractivity contribution in [3.63, 3.8) is 0 Å². The Hall–Kier alpha value is -4.23. The standard InChI is InChI=1S/C37H42FN3O3/c1-44-25-9-24-40(37(43)32-19-17-31(18-20-32)30-10-4-2-5-11-30)28-36(42)41(34-12-6-3-7-13-34)27-35-14-8-23-39(35)26-29-15-21-33(38)22-16-29/h2,4-5,8,10-11,14-23,34H,3,6-7,9,12-13,24-28H2,1H3. The molecule has 6 nitrogen and oxygen atoms in total. The molecule has 0 bridgehead atoms. The second-order valence-corrected chi connectivity index (χ2v) is 11.6. The fourth-order valence-corrected chi connectivity index (χ4v) is 6.05. The summed E-state index contributed by atoms with van der Waals surface area (Å²) >= 11 is 0. The SMILES string of the molecule is COCCCN(CC(=O)N(Cc1cccn1Cc1ccc(F)cc1)C1CCCCC1)C(=O)c1ccc(-c2ccccc2)cc1. The van der Waals surface area contributed by atoms with Gasteiger partial charge in [0.05, 0.1) is 6.54 Å². The minimum atomic E-state index is -0.257. The van der Waals surface area contributed by atoms with E-state index in [1.807, 2.05) is 77.8 Å². The van der Waals surface area contributed by atoms with E-state index in [2.05, 4.69) is 4.57 Å². The molecule has 1 saturated carbocycles. The highest BCUT2D eigenvalue weighted by atomic mass is 19.1. The topological polar surface area (TPSA) is 54.8 Å². The van der Waals surface area contributed by atoms with Gasteiger partial charge in [0, 0.05) is 50.3 Å². The Morgan fingerprint density at radius 2 is 1.57 bits per heavy atom. The molecule has 7 heteroatoms. The molecule has 0 unspecified atom stereocenters. The Balaban J connectivity index is 1.34. The normalized spacial score (nSPS) is 13.5. The molecule has 1 aliphatic rings. The lowest BCUT2D eigenvalue weighted by Gasteiger charge is -2.36. The van der Waals surface area contributed by atoms with Crippen LogP contribution in [0.3, 0.4) is 0 Å². The lowest BCUT2D eigenvalue weighted by atomic mass is 9.94. The van der Waals surface area contributed by atoms with Crippen LogP contribution in [-0.4, -0.2) is 59.0 Å². The third kappa shape index (κ3) is 8.23. The number of nitrogens with zero attached hydrogens (tertiary/aromatic N) is 3. The molecule has 5 rings (SSSR count). The van der Waals surface area contributed by atoms with Crippen molar-refractivity contribution in [1.82, 2.24) is 14.4 Å². The van der Waals surface area contributed by atoms with Crippen LogP contribution in [0.4, 0.5) is 4.39 Å². The molecule has 3 aromatic carbocycles. The molecule has 0 atom stereocenters. The van der Waals surface area contributed by atoms with Crippen molar-refractivity contribution >= 4 is 11.8 Å². The molecule has 1 aromatic heterocycles. The molecule has 4 aromatic rings. The predicted molar refractivity (Wildman–Crippen MR) is 172 cm³/mol. The summed E-state index contributed by atoms with van der Waals surface area (Å²) < 4.78 is 20.9. The van der Waals surface area contributed by atoms with Crippen LogP contribution in [0.15, 0.2) is 97.2 Å². The maximum Gasteiger partial charge on any atom is 0.254 e. The molecule has 1 heterocycles. The van der Waals surface area contributed by atoms with Gasteiger partial charge in [-0.3, -0.25) is 9.59 Å². The minimum Gasteiger partial charge on any atom is -0.385 e. The summed E-state index contributed by atoms with van der Waals surface area (Å²) in [7, 11) is 1.64. The van der Waals surface area contributed by atoms with Crippen LogP contribution in [0.25, 0.3) is 11.1 Å². The van der Waals surface area contributed by atoms with Crippen molar-refractivity contribution in [3.05, 3.63) is 120 Å². The average Bonchev–Trinajstić information content (AvgIpc) is 3.51. The molecule has 0 aliphatic heterocycles. The summed E-state index contributed by atoms with van der Waals surface area (Å²) in [4.78, 5) is 31.6. The van der Waals surface area contributed by atoms with Gasteiger partial charge in [-0.1, -0.05) is 73.9 Å². The Morgan fingerprint density at radius 1 is 0.864 bits per heavy atom. The van der Waals surface area contributed by atoms with E-state index in [9.17, 15) is 14.0 Å². The van der Waals surface area contributed by atoms with Crippen molar-refractivity contribution in [2.45, 2.75) is 57.7 Å². The van der Waals surface area contributed by atoms with Crippen molar-refractivity contribution < 1.29 is 18.7 Å². The van der Waals surface area contributed by atoms with Crippen LogP contribution in [0, 0.1) is 5.82 Å². The Labute approximate surface area is 260 Å².